The number of nitrogen functional groups attached to an aromatic ring is 1. The number of rotatable bonds is 5. The molecule has 0 saturated heterocycles. The van der Waals surface area contributed by atoms with Crippen molar-refractivity contribution >= 4 is 56.9 Å². The Morgan fingerprint density at radius 1 is 1.24 bits per heavy atom. The highest BCUT2D eigenvalue weighted by molar-refractivity contribution is 7.15. The van der Waals surface area contributed by atoms with E-state index >= 15 is 0 Å². The first kappa shape index (κ1) is 19.5. The molecule has 5 N–H and O–H groups in total. The number of primary amides is 1. The third kappa shape index (κ3) is 4.15. The first-order chi connectivity index (χ1) is 13.9. The molecular formula is C17H19ClN8O2S. The number of thiazole rings is 1. The van der Waals surface area contributed by atoms with E-state index in [-0.39, 0.29) is 35.4 Å². The van der Waals surface area contributed by atoms with E-state index in [2.05, 4.69) is 25.3 Å². The number of amides is 2. The van der Waals surface area contributed by atoms with Gasteiger partial charge < -0.3 is 21.4 Å². The number of carbonyl (C=O) groups is 2. The van der Waals surface area contributed by atoms with E-state index in [1.165, 1.54) is 11.3 Å². The molecule has 0 unspecified atom stereocenters. The van der Waals surface area contributed by atoms with Gasteiger partial charge in [-0.1, -0.05) is 0 Å². The van der Waals surface area contributed by atoms with Gasteiger partial charge in [0.2, 0.25) is 17.1 Å². The Morgan fingerprint density at radius 3 is 2.72 bits per heavy atom. The number of nitrogens with one attached hydrogen (secondary N) is 1. The minimum atomic E-state index is -0.426. The summed E-state index contributed by atoms with van der Waals surface area (Å²) < 4.78 is 1.96. The van der Waals surface area contributed by atoms with Crippen molar-refractivity contribution in [1.82, 2.24) is 24.5 Å². The first-order valence-corrected chi connectivity index (χ1v) is 10.3. The summed E-state index contributed by atoms with van der Waals surface area (Å²) in [5.41, 5.74) is 12.2. The summed E-state index contributed by atoms with van der Waals surface area (Å²) in [7, 11) is 0. The Hall–Kier alpha value is -2.79. The monoisotopic (exact) mass is 434 g/mol. The zero-order chi connectivity index (χ0) is 20.5. The van der Waals surface area contributed by atoms with Crippen molar-refractivity contribution in [2.24, 2.45) is 11.7 Å². The van der Waals surface area contributed by atoms with Gasteiger partial charge in [0.1, 0.15) is 5.52 Å². The van der Waals surface area contributed by atoms with Crippen LogP contribution in [-0.2, 0) is 16.0 Å². The quantitative estimate of drug-likeness (QED) is 0.518. The van der Waals surface area contributed by atoms with Gasteiger partial charge in [0, 0.05) is 23.0 Å². The molecule has 1 aliphatic rings. The summed E-state index contributed by atoms with van der Waals surface area (Å²) in [6.07, 6.45) is 6.44. The molecular weight excluding hydrogens is 416 g/mol. The number of hydrogen-bond acceptors (Lipinski definition) is 8. The van der Waals surface area contributed by atoms with Crippen LogP contribution in [0.4, 0.5) is 10.9 Å². The highest BCUT2D eigenvalue weighted by Gasteiger charge is 2.29. The van der Waals surface area contributed by atoms with Gasteiger partial charge in [-0.2, -0.15) is 9.97 Å². The molecule has 1 saturated carbocycles. The van der Waals surface area contributed by atoms with Crippen LogP contribution in [0.25, 0.3) is 11.2 Å². The van der Waals surface area contributed by atoms with E-state index in [0.29, 0.717) is 16.3 Å². The molecule has 0 atom stereocenters. The zero-order valence-corrected chi connectivity index (χ0v) is 16.9. The predicted molar refractivity (Wildman–Crippen MR) is 109 cm³/mol. The van der Waals surface area contributed by atoms with E-state index in [9.17, 15) is 9.59 Å². The summed E-state index contributed by atoms with van der Waals surface area (Å²) in [5.74, 6) is -0.336. The molecule has 4 rings (SSSR count). The van der Waals surface area contributed by atoms with E-state index < -0.39 is 5.91 Å². The Balaban J connectivity index is 1.39. The van der Waals surface area contributed by atoms with Gasteiger partial charge in [-0.3, -0.25) is 9.59 Å². The molecule has 152 valence electrons. The molecule has 10 nitrogen and oxygen atoms in total. The predicted octanol–water partition coefficient (Wildman–Crippen LogP) is 1.92. The van der Waals surface area contributed by atoms with Crippen LogP contribution < -0.4 is 16.8 Å². The lowest BCUT2D eigenvalue weighted by Gasteiger charge is -2.28. The number of halogens is 1. The number of nitrogens with zero attached hydrogens (tertiary/aromatic N) is 5. The Bertz CT molecular complexity index is 1070. The van der Waals surface area contributed by atoms with Crippen LogP contribution >= 0.6 is 22.9 Å². The minimum absolute atomic E-state index is 0.0615. The molecule has 1 fully saturated rings. The van der Waals surface area contributed by atoms with Crippen molar-refractivity contribution in [3.8, 4) is 0 Å². The summed E-state index contributed by atoms with van der Waals surface area (Å²) in [6.45, 7) is 0. The number of nitrogens with two attached hydrogens (primary N) is 2. The molecule has 3 aromatic heterocycles. The molecule has 0 bridgehead atoms. The molecule has 2 amide bonds. The van der Waals surface area contributed by atoms with Gasteiger partial charge >= 0.3 is 0 Å². The molecule has 0 aliphatic heterocycles. The van der Waals surface area contributed by atoms with Crippen LogP contribution in [-0.4, -0.2) is 36.3 Å². The number of carbonyl (C=O) groups excluding carboxylic acids is 2. The second kappa shape index (κ2) is 7.91. The van der Waals surface area contributed by atoms with E-state index in [4.69, 9.17) is 23.1 Å². The topological polar surface area (TPSA) is 155 Å². The standard InChI is InChI=1S/C17H19ClN8O2S/c18-16-23-13(20)12-14(24-16)26(7-22-12)9-3-1-8(2-4-9)15(28)25-17-21-6-10(29-17)5-11(19)27/h6-9H,1-5H2,(H2,19,27)(H2,20,23,24)(H,21,25,28). The van der Waals surface area contributed by atoms with Crippen LogP contribution in [0.15, 0.2) is 12.5 Å². The largest absolute Gasteiger partial charge is 0.382 e. The fourth-order valence-electron chi connectivity index (χ4n) is 3.62. The summed E-state index contributed by atoms with van der Waals surface area (Å²) >= 11 is 7.20. The van der Waals surface area contributed by atoms with Crippen LogP contribution in [0.3, 0.4) is 0 Å². The number of imidazole rings is 1. The maximum atomic E-state index is 12.6. The SMILES string of the molecule is NC(=O)Cc1cnc(NC(=O)C2CCC(n3cnc4c(N)nc(Cl)nc43)CC2)s1. The average molecular weight is 435 g/mol. The number of anilines is 2. The lowest BCUT2D eigenvalue weighted by atomic mass is 9.85. The Morgan fingerprint density at radius 2 is 2.00 bits per heavy atom. The average Bonchev–Trinajstić information content (AvgIpc) is 3.28. The number of hydrogen-bond donors (Lipinski definition) is 3. The highest BCUT2D eigenvalue weighted by atomic mass is 35.5. The first-order valence-electron chi connectivity index (χ1n) is 9.10. The van der Waals surface area contributed by atoms with Crippen molar-refractivity contribution in [1.29, 1.82) is 0 Å². The molecule has 0 radical (unpaired) electrons. The van der Waals surface area contributed by atoms with Crippen LogP contribution in [0, 0.1) is 5.92 Å². The van der Waals surface area contributed by atoms with Gasteiger partial charge in [-0.25, -0.2) is 9.97 Å². The highest BCUT2D eigenvalue weighted by Crippen LogP contribution is 2.35. The third-order valence-electron chi connectivity index (χ3n) is 5.01. The molecule has 0 aromatic carbocycles. The third-order valence-corrected chi connectivity index (χ3v) is 6.10. The van der Waals surface area contributed by atoms with Gasteiger partial charge in [-0.05, 0) is 37.3 Å². The second-order valence-corrected chi connectivity index (χ2v) is 8.42. The van der Waals surface area contributed by atoms with Crippen molar-refractivity contribution in [3.63, 3.8) is 0 Å². The normalized spacial score (nSPS) is 19.3. The smallest absolute Gasteiger partial charge is 0.229 e. The Labute approximate surface area is 174 Å². The van der Waals surface area contributed by atoms with Crippen molar-refractivity contribution < 1.29 is 9.59 Å². The maximum Gasteiger partial charge on any atom is 0.229 e. The lowest BCUT2D eigenvalue weighted by Crippen LogP contribution is -2.28. The van der Waals surface area contributed by atoms with Crippen molar-refractivity contribution in [3.05, 3.63) is 22.7 Å². The number of aromatic nitrogens is 5. The molecule has 29 heavy (non-hydrogen) atoms. The molecule has 12 heteroatoms. The van der Waals surface area contributed by atoms with Crippen LogP contribution in [0.1, 0.15) is 36.6 Å². The van der Waals surface area contributed by atoms with E-state index in [1.54, 1.807) is 12.5 Å². The maximum absolute atomic E-state index is 12.6. The Kier molecular flexibility index (Phi) is 5.33. The summed E-state index contributed by atoms with van der Waals surface area (Å²) in [5, 5.41) is 3.41. The fourth-order valence-corrected chi connectivity index (χ4v) is 4.62. The van der Waals surface area contributed by atoms with Gasteiger partial charge in [0.05, 0.1) is 12.7 Å². The lowest BCUT2D eigenvalue weighted by molar-refractivity contribution is -0.121. The van der Waals surface area contributed by atoms with Crippen LogP contribution in [0.2, 0.25) is 5.28 Å². The van der Waals surface area contributed by atoms with E-state index in [1.807, 2.05) is 4.57 Å². The molecule has 1 aliphatic carbocycles. The molecule has 3 heterocycles. The summed E-state index contributed by atoms with van der Waals surface area (Å²) in [4.78, 5) is 40.9. The fraction of sp³-hybridized carbons (Fsp3) is 0.412. The summed E-state index contributed by atoms with van der Waals surface area (Å²) in [6, 6.07) is 0.163. The van der Waals surface area contributed by atoms with Gasteiger partial charge in [0.15, 0.2) is 16.6 Å². The van der Waals surface area contributed by atoms with Crippen LogP contribution in [0.5, 0.6) is 0 Å². The van der Waals surface area contributed by atoms with Gasteiger partial charge in [-0.15, -0.1) is 11.3 Å². The zero-order valence-electron chi connectivity index (χ0n) is 15.3. The molecule has 3 aromatic rings. The van der Waals surface area contributed by atoms with Crippen molar-refractivity contribution in [2.45, 2.75) is 38.1 Å². The van der Waals surface area contributed by atoms with Gasteiger partial charge in [0.25, 0.3) is 0 Å². The molecule has 0 spiro atoms. The van der Waals surface area contributed by atoms with E-state index in [0.717, 1.165) is 30.6 Å². The second-order valence-electron chi connectivity index (χ2n) is 6.97. The van der Waals surface area contributed by atoms with Crippen molar-refractivity contribution in [2.75, 3.05) is 11.1 Å². The number of fused-ring (bicyclic) bond motifs is 1. The minimum Gasteiger partial charge on any atom is -0.382 e.